The molecule has 2 atom stereocenters. The van der Waals surface area contributed by atoms with Crippen molar-refractivity contribution < 1.29 is 24.5 Å². The molecule has 0 heterocycles. The Kier molecular flexibility index (Phi) is 51.6. The molecule has 0 aliphatic rings. The summed E-state index contributed by atoms with van der Waals surface area (Å²) in [4.78, 5) is 24.5. The van der Waals surface area contributed by atoms with Crippen LogP contribution < -0.4 is 5.32 Å². The molecule has 0 rings (SSSR count). The van der Waals surface area contributed by atoms with Gasteiger partial charge in [-0.15, -0.1) is 0 Å². The Balaban J connectivity index is 3.36. The van der Waals surface area contributed by atoms with Gasteiger partial charge in [-0.1, -0.05) is 256 Å². The highest BCUT2D eigenvalue weighted by molar-refractivity contribution is 5.76. The summed E-state index contributed by atoms with van der Waals surface area (Å²) < 4.78 is 5.48. The fourth-order valence-corrected chi connectivity index (χ4v) is 8.67. The molecule has 0 aliphatic carbocycles. The van der Waals surface area contributed by atoms with Crippen molar-refractivity contribution in [2.75, 3.05) is 13.2 Å². The van der Waals surface area contributed by atoms with Gasteiger partial charge in [0.25, 0.3) is 0 Å². The van der Waals surface area contributed by atoms with E-state index in [1.165, 1.54) is 218 Å². The summed E-state index contributed by atoms with van der Waals surface area (Å²) in [5.74, 6) is -0.0385. The number of carbonyl (C=O) groups is 2. The predicted octanol–water partition coefficient (Wildman–Crippen LogP) is 17.1. The monoisotopic (exact) mass is 888 g/mol. The van der Waals surface area contributed by atoms with Crippen molar-refractivity contribution >= 4 is 11.9 Å². The summed E-state index contributed by atoms with van der Waals surface area (Å²) in [6.07, 6.45) is 63.1. The molecule has 3 N–H and O–H groups in total. The molecule has 0 saturated carbocycles. The van der Waals surface area contributed by atoms with Crippen LogP contribution >= 0.6 is 0 Å². The quantitative estimate of drug-likeness (QED) is 0.0321. The van der Waals surface area contributed by atoms with Gasteiger partial charge in [-0.25, -0.2) is 0 Å². The Morgan fingerprint density at radius 2 is 0.794 bits per heavy atom. The number of aliphatic hydroxyl groups is 2. The van der Waals surface area contributed by atoms with Gasteiger partial charge >= 0.3 is 5.97 Å². The number of nitrogens with one attached hydrogen (secondary N) is 1. The Morgan fingerprint density at radius 3 is 1.22 bits per heavy atom. The van der Waals surface area contributed by atoms with Crippen molar-refractivity contribution in [3.05, 3.63) is 24.3 Å². The number of amides is 1. The van der Waals surface area contributed by atoms with Crippen LogP contribution in [0.5, 0.6) is 0 Å². The van der Waals surface area contributed by atoms with Gasteiger partial charge in [-0.3, -0.25) is 9.59 Å². The Hall–Kier alpha value is -1.66. The van der Waals surface area contributed by atoms with Gasteiger partial charge in [0, 0.05) is 12.8 Å². The number of rotatable bonds is 52. The molecule has 0 radical (unpaired) electrons. The van der Waals surface area contributed by atoms with E-state index in [2.05, 4.69) is 43.5 Å². The van der Waals surface area contributed by atoms with Gasteiger partial charge in [0.2, 0.25) is 5.91 Å². The third-order valence-corrected chi connectivity index (χ3v) is 13.0. The highest BCUT2D eigenvalue weighted by Gasteiger charge is 2.20. The lowest BCUT2D eigenvalue weighted by Crippen LogP contribution is -2.45. The number of aliphatic hydroxyl groups excluding tert-OH is 2. The van der Waals surface area contributed by atoms with E-state index >= 15 is 0 Å². The topological polar surface area (TPSA) is 95.9 Å². The Morgan fingerprint density at radius 1 is 0.444 bits per heavy atom. The molecule has 0 saturated heterocycles. The summed E-state index contributed by atoms with van der Waals surface area (Å²) in [5.41, 5.74) is 0. The molecule has 63 heavy (non-hydrogen) atoms. The second-order valence-electron chi connectivity index (χ2n) is 19.3. The fourth-order valence-electron chi connectivity index (χ4n) is 8.67. The zero-order valence-electron chi connectivity index (χ0n) is 42.3. The highest BCUT2D eigenvalue weighted by atomic mass is 16.5. The van der Waals surface area contributed by atoms with Gasteiger partial charge in [0.1, 0.15) is 0 Å². The predicted molar refractivity (Wildman–Crippen MR) is 273 cm³/mol. The van der Waals surface area contributed by atoms with Crippen LogP contribution in [0.25, 0.3) is 0 Å². The first-order valence-electron chi connectivity index (χ1n) is 28.1. The molecule has 0 fully saturated rings. The molecule has 6 heteroatoms. The van der Waals surface area contributed by atoms with E-state index in [1.807, 2.05) is 0 Å². The number of esters is 1. The average Bonchev–Trinajstić information content (AvgIpc) is 3.28. The zero-order chi connectivity index (χ0) is 45.8. The molecular weight excluding hydrogens is 779 g/mol. The first-order valence-corrected chi connectivity index (χ1v) is 28.1. The van der Waals surface area contributed by atoms with Crippen molar-refractivity contribution in [1.82, 2.24) is 5.32 Å². The van der Waals surface area contributed by atoms with Crippen LogP contribution in [0.15, 0.2) is 24.3 Å². The van der Waals surface area contributed by atoms with E-state index in [9.17, 15) is 19.8 Å². The first-order chi connectivity index (χ1) is 31.0. The fraction of sp³-hybridized carbons (Fsp3) is 0.895. The molecule has 0 aromatic heterocycles. The maximum atomic E-state index is 12.4. The SMILES string of the molecule is CCCCCC/C=C\C/C=C\CCCCCCCCCC(=O)OCCCCCCCCCCCCCCCCCCCCCC(=O)NC(CO)C(O)CCCCCCCCCCC. The van der Waals surface area contributed by atoms with E-state index < -0.39 is 12.1 Å². The lowest BCUT2D eigenvalue weighted by Gasteiger charge is -2.22. The third-order valence-electron chi connectivity index (χ3n) is 13.0. The summed E-state index contributed by atoms with van der Waals surface area (Å²) in [7, 11) is 0. The van der Waals surface area contributed by atoms with Crippen LogP contribution in [0.3, 0.4) is 0 Å². The van der Waals surface area contributed by atoms with Crippen LogP contribution in [-0.4, -0.2) is 47.4 Å². The van der Waals surface area contributed by atoms with E-state index in [4.69, 9.17) is 4.74 Å². The van der Waals surface area contributed by atoms with E-state index in [1.54, 1.807) is 0 Å². The molecule has 0 aromatic rings. The van der Waals surface area contributed by atoms with Gasteiger partial charge in [0.15, 0.2) is 0 Å². The number of hydrogen-bond donors (Lipinski definition) is 3. The molecule has 372 valence electrons. The van der Waals surface area contributed by atoms with Crippen molar-refractivity contribution in [2.45, 2.75) is 315 Å². The van der Waals surface area contributed by atoms with Crippen LogP contribution in [0, 0.1) is 0 Å². The van der Waals surface area contributed by atoms with Gasteiger partial charge < -0.3 is 20.3 Å². The molecule has 2 unspecified atom stereocenters. The van der Waals surface area contributed by atoms with Crippen molar-refractivity contribution in [3.8, 4) is 0 Å². The molecule has 0 spiro atoms. The Labute approximate surface area is 392 Å². The van der Waals surface area contributed by atoms with Crippen molar-refractivity contribution in [1.29, 1.82) is 0 Å². The maximum absolute atomic E-state index is 12.4. The number of allylic oxidation sites excluding steroid dienone is 4. The minimum absolute atomic E-state index is 0.00160. The van der Waals surface area contributed by atoms with Crippen LogP contribution in [0.2, 0.25) is 0 Å². The highest BCUT2D eigenvalue weighted by Crippen LogP contribution is 2.17. The number of unbranched alkanes of at least 4 members (excludes halogenated alkanes) is 37. The number of carbonyl (C=O) groups excluding carboxylic acids is 2. The average molecular weight is 889 g/mol. The summed E-state index contributed by atoms with van der Waals surface area (Å²) >= 11 is 0. The minimum Gasteiger partial charge on any atom is -0.466 e. The number of ether oxygens (including phenoxy) is 1. The summed E-state index contributed by atoms with van der Waals surface area (Å²) in [6, 6.07) is -0.541. The van der Waals surface area contributed by atoms with E-state index in [0.717, 1.165) is 51.4 Å². The molecule has 6 nitrogen and oxygen atoms in total. The van der Waals surface area contributed by atoms with Gasteiger partial charge in [0.05, 0.1) is 25.4 Å². The van der Waals surface area contributed by atoms with Gasteiger partial charge in [-0.2, -0.15) is 0 Å². The van der Waals surface area contributed by atoms with Crippen LogP contribution in [0.1, 0.15) is 303 Å². The maximum Gasteiger partial charge on any atom is 0.305 e. The summed E-state index contributed by atoms with van der Waals surface area (Å²) in [5, 5.41) is 23.1. The molecule has 0 bridgehead atoms. The van der Waals surface area contributed by atoms with Crippen LogP contribution in [-0.2, 0) is 14.3 Å². The third kappa shape index (κ3) is 49.6. The second-order valence-corrected chi connectivity index (χ2v) is 19.3. The molecule has 0 aliphatic heterocycles. The smallest absolute Gasteiger partial charge is 0.305 e. The largest absolute Gasteiger partial charge is 0.466 e. The van der Waals surface area contributed by atoms with E-state index in [0.29, 0.717) is 25.9 Å². The second kappa shape index (κ2) is 53.0. The first kappa shape index (κ1) is 61.3. The molecule has 0 aromatic carbocycles. The normalized spacial score (nSPS) is 12.8. The number of hydrogen-bond acceptors (Lipinski definition) is 5. The lowest BCUT2D eigenvalue weighted by molar-refractivity contribution is -0.143. The Bertz CT molecular complexity index is 982. The van der Waals surface area contributed by atoms with Gasteiger partial charge in [-0.05, 0) is 57.8 Å². The van der Waals surface area contributed by atoms with Crippen molar-refractivity contribution in [2.24, 2.45) is 0 Å². The summed E-state index contributed by atoms with van der Waals surface area (Å²) in [6.45, 7) is 4.91. The van der Waals surface area contributed by atoms with Crippen molar-refractivity contribution in [3.63, 3.8) is 0 Å². The van der Waals surface area contributed by atoms with Crippen LogP contribution in [0.4, 0.5) is 0 Å². The molecular formula is C57H109NO5. The lowest BCUT2D eigenvalue weighted by atomic mass is 10.0. The standard InChI is InChI=1S/C57H109NO5/c1-3-5-7-9-11-13-14-15-16-17-22-25-28-31-35-39-43-47-51-57(62)63-52-48-44-40-36-32-29-26-23-20-18-19-21-24-27-30-34-38-42-46-50-56(61)58-54(53-59)55(60)49-45-41-37-33-12-10-8-6-4-2/h13-14,16-17,54-55,59-60H,3-12,15,18-53H2,1-2H3,(H,58,61)/b14-13-,17-16-. The van der Waals surface area contributed by atoms with E-state index in [-0.39, 0.29) is 18.5 Å². The molecule has 1 amide bonds. The zero-order valence-corrected chi connectivity index (χ0v) is 42.3. The minimum atomic E-state index is -0.664.